The molecule has 0 aliphatic carbocycles. The normalized spacial score (nSPS) is 11.4. The van der Waals surface area contributed by atoms with Crippen molar-refractivity contribution in [1.29, 1.82) is 0 Å². The summed E-state index contributed by atoms with van der Waals surface area (Å²) in [6.45, 7) is 7.99. The number of fused-ring (bicyclic) bond motifs is 1. The number of rotatable bonds is 6. The molecule has 6 heteroatoms. The van der Waals surface area contributed by atoms with Crippen molar-refractivity contribution in [1.82, 2.24) is 0 Å². The van der Waals surface area contributed by atoms with Crippen LogP contribution in [0.1, 0.15) is 42.0 Å². The van der Waals surface area contributed by atoms with Crippen molar-refractivity contribution in [3.63, 3.8) is 0 Å². The molecule has 0 N–H and O–H groups in total. The van der Waals surface area contributed by atoms with E-state index >= 15 is 0 Å². The summed E-state index contributed by atoms with van der Waals surface area (Å²) in [5, 5.41) is 0.967. The molecular formula is C29H25ClO5. The molecule has 0 saturated heterocycles. The maximum absolute atomic E-state index is 12.9. The van der Waals surface area contributed by atoms with Gasteiger partial charge in [-0.1, -0.05) is 49.7 Å². The molecule has 4 aromatic rings. The zero-order chi connectivity index (χ0) is 25.1. The topological polar surface area (TPSA) is 65.7 Å². The van der Waals surface area contributed by atoms with Crippen LogP contribution in [-0.4, -0.2) is 5.97 Å². The van der Waals surface area contributed by atoms with E-state index in [9.17, 15) is 9.59 Å². The second-order valence-electron chi connectivity index (χ2n) is 8.64. The van der Waals surface area contributed by atoms with Crippen molar-refractivity contribution in [3.8, 4) is 17.2 Å². The quantitative estimate of drug-likeness (QED) is 0.159. The average molecular weight is 489 g/mol. The summed E-state index contributed by atoms with van der Waals surface area (Å²) in [7, 11) is 0. The van der Waals surface area contributed by atoms with E-state index < -0.39 is 5.97 Å². The molecule has 0 aliphatic heterocycles. The highest BCUT2D eigenvalue weighted by atomic mass is 35.5. The standard InChI is InChI=1S/C29H25ClO5/c1-17(2)21-8-5-20(6-9-21)7-12-27(31)35-22-10-11-24-25(15-22)33-16-26(29(24)32)34-23-13-18(3)28(30)19(4)14-23/h5-17H,1-4H3/b12-7+. The molecular weight excluding hydrogens is 464 g/mol. The lowest BCUT2D eigenvalue weighted by molar-refractivity contribution is -0.128. The van der Waals surface area contributed by atoms with E-state index in [2.05, 4.69) is 13.8 Å². The average Bonchev–Trinajstić information content (AvgIpc) is 2.83. The zero-order valence-corrected chi connectivity index (χ0v) is 20.7. The Morgan fingerprint density at radius 3 is 2.31 bits per heavy atom. The summed E-state index contributed by atoms with van der Waals surface area (Å²) in [6, 6.07) is 16.1. The van der Waals surface area contributed by atoms with E-state index in [0.717, 1.165) is 16.7 Å². The van der Waals surface area contributed by atoms with Crippen molar-refractivity contribution in [3.05, 3.63) is 104 Å². The van der Waals surface area contributed by atoms with Crippen LogP contribution in [0.2, 0.25) is 5.02 Å². The van der Waals surface area contributed by atoms with Gasteiger partial charge < -0.3 is 13.9 Å². The summed E-state index contributed by atoms with van der Waals surface area (Å²) in [5.41, 5.74) is 3.77. The maximum Gasteiger partial charge on any atom is 0.336 e. The summed E-state index contributed by atoms with van der Waals surface area (Å²) in [6.07, 6.45) is 4.30. The molecule has 0 bridgehead atoms. The van der Waals surface area contributed by atoms with Crippen molar-refractivity contribution in [2.45, 2.75) is 33.6 Å². The van der Waals surface area contributed by atoms with Crippen molar-refractivity contribution >= 4 is 34.6 Å². The number of esters is 1. The molecule has 178 valence electrons. The number of carbonyl (C=O) groups is 1. The number of halogens is 1. The SMILES string of the molecule is Cc1cc(Oc2coc3cc(OC(=O)/C=C/c4ccc(C(C)C)cc4)ccc3c2=O)cc(C)c1Cl. The van der Waals surface area contributed by atoms with Crippen LogP contribution in [0.15, 0.2) is 76.1 Å². The van der Waals surface area contributed by atoms with Gasteiger partial charge in [0.1, 0.15) is 23.3 Å². The lowest BCUT2D eigenvalue weighted by atomic mass is 10.0. The van der Waals surface area contributed by atoms with Gasteiger partial charge in [0.05, 0.1) is 5.39 Å². The molecule has 4 rings (SSSR count). The van der Waals surface area contributed by atoms with E-state index in [1.165, 1.54) is 24.0 Å². The van der Waals surface area contributed by atoms with Crippen molar-refractivity contribution in [2.75, 3.05) is 0 Å². The second kappa shape index (κ2) is 10.2. The van der Waals surface area contributed by atoms with Gasteiger partial charge in [-0.2, -0.15) is 0 Å². The minimum atomic E-state index is -0.534. The van der Waals surface area contributed by atoms with Crippen molar-refractivity contribution < 1.29 is 18.7 Å². The third-order valence-electron chi connectivity index (χ3n) is 5.59. The van der Waals surface area contributed by atoms with Crippen LogP contribution in [0.4, 0.5) is 0 Å². The molecule has 0 saturated carbocycles. The largest absolute Gasteiger partial charge is 0.460 e. The van der Waals surface area contributed by atoms with E-state index in [1.807, 2.05) is 38.1 Å². The first kappa shape index (κ1) is 24.3. The fraction of sp³-hybridized carbons (Fsp3) is 0.172. The van der Waals surface area contributed by atoms with Gasteiger partial charge in [0.2, 0.25) is 11.2 Å². The second-order valence-corrected chi connectivity index (χ2v) is 9.01. The number of hydrogen-bond acceptors (Lipinski definition) is 5. The number of carbonyl (C=O) groups excluding carboxylic acids is 1. The Balaban J connectivity index is 1.49. The van der Waals surface area contributed by atoms with Crippen LogP contribution in [0.5, 0.6) is 17.2 Å². The number of ether oxygens (including phenoxy) is 2. The summed E-state index contributed by atoms with van der Waals surface area (Å²) in [4.78, 5) is 25.2. The number of hydrogen-bond donors (Lipinski definition) is 0. The maximum atomic E-state index is 12.9. The van der Waals surface area contributed by atoms with E-state index in [0.29, 0.717) is 22.1 Å². The molecule has 0 atom stereocenters. The Bertz CT molecular complexity index is 1460. The molecule has 1 aromatic heterocycles. The molecule has 3 aromatic carbocycles. The van der Waals surface area contributed by atoms with Crippen LogP contribution >= 0.6 is 11.6 Å². The highest BCUT2D eigenvalue weighted by Crippen LogP contribution is 2.29. The van der Waals surface area contributed by atoms with Gasteiger partial charge in [0, 0.05) is 17.2 Å². The minimum absolute atomic E-state index is 0.0507. The fourth-order valence-electron chi connectivity index (χ4n) is 3.62. The third kappa shape index (κ3) is 5.64. The Morgan fingerprint density at radius 1 is 0.971 bits per heavy atom. The monoisotopic (exact) mass is 488 g/mol. The third-order valence-corrected chi connectivity index (χ3v) is 6.18. The van der Waals surface area contributed by atoms with Gasteiger partial charge in [-0.05, 0) is 72.4 Å². The highest BCUT2D eigenvalue weighted by Gasteiger charge is 2.12. The van der Waals surface area contributed by atoms with Gasteiger partial charge in [-0.25, -0.2) is 4.79 Å². The number of aryl methyl sites for hydroxylation is 2. The summed E-state index contributed by atoms with van der Waals surface area (Å²) < 4.78 is 16.7. The number of benzene rings is 3. The first-order valence-corrected chi connectivity index (χ1v) is 11.6. The molecule has 0 radical (unpaired) electrons. The predicted molar refractivity (Wildman–Crippen MR) is 139 cm³/mol. The van der Waals surface area contributed by atoms with Crippen molar-refractivity contribution in [2.24, 2.45) is 0 Å². The van der Waals surface area contributed by atoms with Crippen LogP contribution in [0.25, 0.3) is 17.0 Å². The first-order valence-electron chi connectivity index (χ1n) is 11.2. The minimum Gasteiger partial charge on any atom is -0.460 e. The lowest BCUT2D eigenvalue weighted by Crippen LogP contribution is -2.06. The molecule has 0 amide bonds. The van der Waals surface area contributed by atoms with E-state index in [4.69, 9.17) is 25.5 Å². The van der Waals surface area contributed by atoms with Gasteiger partial charge in [0.25, 0.3) is 0 Å². The van der Waals surface area contributed by atoms with Crippen LogP contribution in [0, 0.1) is 13.8 Å². The summed E-state index contributed by atoms with van der Waals surface area (Å²) >= 11 is 6.20. The molecule has 5 nitrogen and oxygen atoms in total. The van der Waals surface area contributed by atoms with Gasteiger partial charge >= 0.3 is 5.97 Å². The highest BCUT2D eigenvalue weighted by molar-refractivity contribution is 6.32. The fourth-order valence-corrected chi connectivity index (χ4v) is 3.73. The van der Waals surface area contributed by atoms with Crippen LogP contribution < -0.4 is 14.9 Å². The molecule has 35 heavy (non-hydrogen) atoms. The Morgan fingerprint density at radius 2 is 1.66 bits per heavy atom. The molecule has 0 unspecified atom stereocenters. The van der Waals surface area contributed by atoms with E-state index in [1.54, 1.807) is 30.3 Å². The van der Waals surface area contributed by atoms with Crippen LogP contribution in [-0.2, 0) is 4.79 Å². The molecule has 0 fully saturated rings. The van der Waals surface area contributed by atoms with Gasteiger partial charge in [-0.15, -0.1) is 0 Å². The Kier molecular flexibility index (Phi) is 7.08. The van der Waals surface area contributed by atoms with Gasteiger partial charge in [0.15, 0.2) is 0 Å². The van der Waals surface area contributed by atoms with Crippen LogP contribution in [0.3, 0.4) is 0 Å². The smallest absolute Gasteiger partial charge is 0.336 e. The zero-order valence-electron chi connectivity index (χ0n) is 19.9. The van der Waals surface area contributed by atoms with E-state index in [-0.39, 0.29) is 22.5 Å². The summed E-state index contributed by atoms with van der Waals surface area (Å²) in [5.74, 6) is 0.720. The lowest BCUT2D eigenvalue weighted by Gasteiger charge is -2.09. The Hall–Kier alpha value is -3.83. The molecule has 0 aliphatic rings. The first-order chi connectivity index (χ1) is 16.7. The van der Waals surface area contributed by atoms with Gasteiger partial charge in [-0.3, -0.25) is 4.79 Å². The predicted octanol–water partition coefficient (Wildman–Crippen LogP) is 7.60. The Labute approximate surface area is 208 Å². The molecule has 1 heterocycles. The molecule has 0 spiro atoms.